The van der Waals surface area contributed by atoms with E-state index in [1.807, 2.05) is 0 Å². The molecular weight excluding hydrogens is 344 g/mol. The fourth-order valence-corrected chi connectivity index (χ4v) is 5.94. The Morgan fingerprint density at radius 3 is 2.58 bits per heavy atom. The zero-order valence-corrected chi connectivity index (χ0v) is 16.9. The van der Waals surface area contributed by atoms with Gasteiger partial charge in [0.15, 0.2) is 0 Å². The third-order valence-electron chi connectivity index (χ3n) is 6.18. The number of unbranched alkanes of at least 4 members (excludes halogenated alkanes) is 1. The highest BCUT2D eigenvalue weighted by Crippen LogP contribution is 2.40. The zero-order chi connectivity index (χ0) is 18.7. The summed E-state index contributed by atoms with van der Waals surface area (Å²) in [5.74, 6) is 1.16. The molecule has 1 fully saturated rings. The third kappa shape index (κ3) is 4.30. The molecule has 1 heterocycles. The summed E-state index contributed by atoms with van der Waals surface area (Å²) in [6.45, 7) is 4.47. The van der Waals surface area contributed by atoms with Crippen LogP contribution >= 0.6 is 11.3 Å². The van der Waals surface area contributed by atoms with E-state index < -0.39 is 5.91 Å². The average Bonchev–Trinajstić information content (AvgIpc) is 2.97. The molecule has 0 saturated heterocycles. The lowest BCUT2D eigenvalue weighted by molar-refractivity contribution is -0.121. The molecule has 144 valence electrons. The van der Waals surface area contributed by atoms with Gasteiger partial charge in [0, 0.05) is 10.8 Å². The first kappa shape index (κ1) is 19.4. The molecule has 5 heteroatoms. The minimum atomic E-state index is -0.407. The Hall–Kier alpha value is -1.36. The topological polar surface area (TPSA) is 72.2 Å². The first-order valence-electron chi connectivity index (χ1n) is 10.2. The Bertz CT molecular complexity index is 659. The molecule has 0 spiro atoms. The van der Waals surface area contributed by atoms with Gasteiger partial charge in [0.1, 0.15) is 5.00 Å². The van der Waals surface area contributed by atoms with E-state index in [-0.39, 0.29) is 11.8 Å². The van der Waals surface area contributed by atoms with Crippen molar-refractivity contribution in [2.75, 3.05) is 5.32 Å². The molecule has 0 radical (unpaired) electrons. The van der Waals surface area contributed by atoms with Crippen LogP contribution in [0.2, 0.25) is 0 Å². The highest BCUT2D eigenvalue weighted by molar-refractivity contribution is 7.17. The summed E-state index contributed by atoms with van der Waals surface area (Å²) < 4.78 is 0. The number of rotatable bonds is 6. The van der Waals surface area contributed by atoms with Gasteiger partial charge in [-0.1, -0.05) is 33.1 Å². The molecule has 2 aliphatic rings. The molecule has 2 amide bonds. The van der Waals surface area contributed by atoms with Gasteiger partial charge in [-0.3, -0.25) is 9.59 Å². The van der Waals surface area contributed by atoms with Gasteiger partial charge in [-0.05, 0) is 62.3 Å². The third-order valence-corrected chi connectivity index (χ3v) is 7.35. The van der Waals surface area contributed by atoms with Crippen LogP contribution in [0.15, 0.2) is 0 Å². The van der Waals surface area contributed by atoms with Gasteiger partial charge < -0.3 is 11.1 Å². The minimum absolute atomic E-state index is 0.0756. The van der Waals surface area contributed by atoms with E-state index in [4.69, 9.17) is 5.73 Å². The van der Waals surface area contributed by atoms with Crippen molar-refractivity contribution in [1.82, 2.24) is 0 Å². The molecule has 1 aromatic heterocycles. The quantitative estimate of drug-likeness (QED) is 0.740. The first-order chi connectivity index (χ1) is 12.5. The molecule has 1 aromatic rings. The van der Waals surface area contributed by atoms with Gasteiger partial charge in [0.2, 0.25) is 5.91 Å². The van der Waals surface area contributed by atoms with E-state index in [2.05, 4.69) is 19.2 Å². The number of primary amides is 1. The normalized spacial score (nSPS) is 25.5. The summed E-state index contributed by atoms with van der Waals surface area (Å²) in [7, 11) is 0. The predicted octanol–water partition coefficient (Wildman–Crippen LogP) is 4.91. The monoisotopic (exact) mass is 376 g/mol. The number of hydrogen-bond acceptors (Lipinski definition) is 3. The van der Waals surface area contributed by atoms with Gasteiger partial charge >= 0.3 is 0 Å². The van der Waals surface area contributed by atoms with Crippen LogP contribution in [0.5, 0.6) is 0 Å². The minimum Gasteiger partial charge on any atom is -0.365 e. The van der Waals surface area contributed by atoms with Crippen molar-refractivity contribution in [2.24, 2.45) is 23.5 Å². The molecule has 1 saturated carbocycles. The predicted molar refractivity (Wildman–Crippen MR) is 108 cm³/mol. The first-order valence-corrected chi connectivity index (χ1v) is 11.1. The maximum absolute atomic E-state index is 12.8. The van der Waals surface area contributed by atoms with Crippen molar-refractivity contribution in [2.45, 2.75) is 78.1 Å². The summed E-state index contributed by atoms with van der Waals surface area (Å²) in [5, 5.41) is 3.76. The molecule has 2 aliphatic carbocycles. The van der Waals surface area contributed by atoms with Gasteiger partial charge in [-0.2, -0.15) is 0 Å². The SMILES string of the molecule is CCCCC1CCC(C(=O)Nc2sc3c(c2C(N)=O)CCC(C)C3)CC1. The van der Waals surface area contributed by atoms with E-state index in [0.29, 0.717) is 16.5 Å². The molecule has 26 heavy (non-hydrogen) atoms. The smallest absolute Gasteiger partial charge is 0.251 e. The van der Waals surface area contributed by atoms with Crippen molar-refractivity contribution >= 4 is 28.2 Å². The molecule has 3 rings (SSSR count). The van der Waals surface area contributed by atoms with E-state index in [0.717, 1.165) is 56.4 Å². The maximum atomic E-state index is 12.8. The molecule has 4 nitrogen and oxygen atoms in total. The van der Waals surface area contributed by atoms with Gasteiger partial charge in [0.05, 0.1) is 5.56 Å². The Labute approximate surface area is 160 Å². The number of carbonyl (C=O) groups is 2. The van der Waals surface area contributed by atoms with Gasteiger partial charge in [-0.25, -0.2) is 0 Å². The van der Waals surface area contributed by atoms with Crippen molar-refractivity contribution in [3.05, 3.63) is 16.0 Å². The summed E-state index contributed by atoms with van der Waals surface area (Å²) >= 11 is 1.57. The number of nitrogens with one attached hydrogen (secondary N) is 1. The average molecular weight is 377 g/mol. The summed E-state index contributed by atoms with van der Waals surface area (Å²) in [6.07, 6.45) is 11.0. The largest absolute Gasteiger partial charge is 0.365 e. The summed E-state index contributed by atoms with van der Waals surface area (Å²) in [5.41, 5.74) is 7.31. The number of hydrogen-bond donors (Lipinski definition) is 2. The zero-order valence-electron chi connectivity index (χ0n) is 16.1. The number of fused-ring (bicyclic) bond motifs is 1. The number of thiophene rings is 1. The van der Waals surface area contributed by atoms with Crippen molar-refractivity contribution in [3.63, 3.8) is 0 Å². The highest BCUT2D eigenvalue weighted by Gasteiger charge is 2.30. The van der Waals surface area contributed by atoms with Crippen molar-refractivity contribution < 1.29 is 9.59 Å². The lowest BCUT2D eigenvalue weighted by Gasteiger charge is -2.27. The van der Waals surface area contributed by atoms with Crippen LogP contribution in [0.1, 0.15) is 86.0 Å². The summed E-state index contributed by atoms with van der Waals surface area (Å²) in [6, 6.07) is 0. The van der Waals surface area contributed by atoms with Crippen LogP contribution in [0, 0.1) is 17.8 Å². The van der Waals surface area contributed by atoms with E-state index in [1.54, 1.807) is 11.3 Å². The van der Waals surface area contributed by atoms with Crippen LogP contribution in [0.3, 0.4) is 0 Å². The maximum Gasteiger partial charge on any atom is 0.251 e. The van der Waals surface area contributed by atoms with Gasteiger partial charge in [0.25, 0.3) is 5.91 Å². The Morgan fingerprint density at radius 2 is 1.92 bits per heavy atom. The number of nitrogens with two attached hydrogens (primary N) is 1. The fraction of sp³-hybridized carbons (Fsp3) is 0.714. The van der Waals surface area contributed by atoms with E-state index >= 15 is 0 Å². The highest BCUT2D eigenvalue weighted by atomic mass is 32.1. The second kappa shape index (κ2) is 8.55. The fourth-order valence-electron chi connectivity index (χ4n) is 4.52. The van der Waals surface area contributed by atoms with Crippen molar-refractivity contribution in [1.29, 1.82) is 0 Å². The second-order valence-corrected chi connectivity index (χ2v) is 9.37. The van der Waals surface area contributed by atoms with Crippen LogP contribution < -0.4 is 11.1 Å². The van der Waals surface area contributed by atoms with Crippen LogP contribution in [0.25, 0.3) is 0 Å². The lowest BCUT2D eigenvalue weighted by atomic mass is 9.79. The van der Waals surface area contributed by atoms with Crippen LogP contribution in [0.4, 0.5) is 5.00 Å². The molecule has 1 unspecified atom stereocenters. The molecule has 0 aromatic carbocycles. The molecular formula is C21H32N2O2S. The van der Waals surface area contributed by atoms with E-state index in [9.17, 15) is 9.59 Å². The summed E-state index contributed by atoms with van der Waals surface area (Å²) in [4.78, 5) is 26.0. The second-order valence-electron chi connectivity index (χ2n) is 8.27. The Morgan fingerprint density at radius 1 is 1.19 bits per heavy atom. The van der Waals surface area contributed by atoms with Crippen molar-refractivity contribution in [3.8, 4) is 0 Å². The molecule has 0 bridgehead atoms. The molecule has 3 N–H and O–H groups in total. The molecule has 0 aliphatic heterocycles. The van der Waals surface area contributed by atoms with Crippen LogP contribution in [-0.2, 0) is 17.6 Å². The van der Waals surface area contributed by atoms with Crippen LogP contribution in [-0.4, -0.2) is 11.8 Å². The molecule has 1 atom stereocenters. The van der Waals surface area contributed by atoms with Gasteiger partial charge in [-0.15, -0.1) is 11.3 Å². The number of amides is 2. The lowest BCUT2D eigenvalue weighted by Crippen LogP contribution is -2.28. The Balaban J connectivity index is 1.66. The Kier molecular flexibility index (Phi) is 6.38. The standard InChI is InChI=1S/C21H32N2O2S/c1-3-4-5-14-7-9-15(10-8-14)20(25)23-21-18(19(22)24)16-11-6-13(2)12-17(16)26-21/h13-15H,3-12H2,1-2H3,(H2,22,24)(H,23,25). The number of anilines is 1. The van der Waals surface area contributed by atoms with E-state index in [1.165, 1.54) is 24.1 Å². The number of carbonyl (C=O) groups excluding carboxylic acids is 2.